The summed E-state index contributed by atoms with van der Waals surface area (Å²) in [5.74, 6) is 1.65. The lowest BCUT2D eigenvalue weighted by Gasteiger charge is -2.22. The second-order valence-corrected chi connectivity index (χ2v) is 4.63. The van der Waals surface area contributed by atoms with Crippen molar-refractivity contribution in [3.63, 3.8) is 0 Å². The van der Waals surface area contributed by atoms with Crippen molar-refractivity contribution in [2.75, 3.05) is 31.9 Å². The maximum Gasteiger partial charge on any atom is 0.121 e. The van der Waals surface area contributed by atoms with Gasteiger partial charge in [-0.1, -0.05) is 12.1 Å². The van der Waals surface area contributed by atoms with E-state index in [-0.39, 0.29) is 0 Å². The second-order valence-electron chi connectivity index (χ2n) is 4.63. The minimum Gasteiger partial charge on any atom is -0.497 e. The molecule has 2 rings (SSSR count). The molecule has 106 valence electrons. The van der Waals surface area contributed by atoms with Gasteiger partial charge in [0, 0.05) is 19.7 Å². The van der Waals surface area contributed by atoms with Crippen molar-refractivity contribution in [2.24, 2.45) is 0 Å². The molecule has 0 aliphatic heterocycles. The largest absolute Gasteiger partial charge is 0.497 e. The van der Waals surface area contributed by atoms with Crippen LogP contribution in [-0.4, -0.2) is 21.3 Å². The summed E-state index contributed by atoms with van der Waals surface area (Å²) in [4.78, 5) is 2.09. The molecule has 2 aromatic carbocycles. The normalized spacial score (nSPS) is 10.2. The molecule has 0 aliphatic rings. The highest BCUT2D eigenvalue weighted by molar-refractivity contribution is 5.69. The topological polar surface area (TPSA) is 47.7 Å². The Hall–Kier alpha value is -2.36. The molecule has 0 heterocycles. The fourth-order valence-electron chi connectivity index (χ4n) is 2.11. The zero-order valence-electron chi connectivity index (χ0n) is 12.1. The summed E-state index contributed by atoms with van der Waals surface area (Å²) < 4.78 is 10.5. The third-order valence-electron chi connectivity index (χ3n) is 3.20. The first-order chi connectivity index (χ1) is 9.63. The zero-order valence-corrected chi connectivity index (χ0v) is 12.1. The number of hydrogen-bond donors (Lipinski definition) is 1. The molecule has 0 saturated carbocycles. The van der Waals surface area contributed by atoms with E-state index in [0.717, 1.165) is 35.0 Å². The molecule has 0 unspecified atom stereocenters. The van der Waals surface area contributed by atoms with Gasteiger partial charge in [-0.15, -0.1) is 0 Å². The van der Waals surface area contributed by atoms with E-state index in [0.29, 0.717) is 0 Å². The summed E-state index contributed by atoms with van der Waals surface area (Å²) >= 11 is 0. The summed E-state index contributed by atoms with van der Waals surface area (Å²) in [6, 6.07) is 13.7. The van der Waals surface area contributed by atoms with Crippen molar-refractivity contribution < 1.29 is 9.47 Å². The number of nitrogens with zero attached hydrogens (tertiary/aromatic N) is 1. The molecule has 20 heavy (non-hydrogen) atoms. The van der Waals surface area contributed by atoms with Crippen molar-refractivity contribution in [1.29, 1.82) is 0 Å². The molecule has 4 nitrogen and oxygen atoms in total. The van der Waals surface area contributed by atoms with Crippen LogP contribution in [0.1, 0.15) is 5.56 Å². The molecule has 0 saturated heterocycles. The second kappa shape index (κ2) is 6.19. The number of benzene rings is 2. The Morgan fingerprint density at radius 1 is 1.00 bits per heavy atom. The van der Waals surface area contributed by atoms with Crippen LogP contribution in [0, 0.1) is 0 Å². The number of nitrogen functional groups attached to an aromatic ring is 1. The maximum atomic E-state index is 6.03. The van der Waals surface area contributed by atoms with Crippen LogP contribution in [-0.2, 0) is 6.54 Å². The molecule has 0 atom stereocenters. The van der Waals surface area contributed by atoms with E-state index in [1.165, 1.54) is 0 Å². The molecule has 0 amide bonds. The van der Waals surface area contributed by atoms with Gasteiger partial charge in [0.1, 0.15) is 11.5 Å². The fraction of sp³-hybridized carbons (Fsp3) is 0.250. The third kappa shape index (κ3) is 3.15. The van der Waals surface area contributed by atoms with Gasteiger partial charge in [-0.25, -0.2) is 0 Å². The van der Waals surface area contributed by atoms with Crippen LogP contribution in [0.3, 0.4) is 0 Å². The first-order valence-corrected chi connectivity index (χ1v) is 6.41. The van der Waals surface area contributed by atoms with Crippen molar-refractivity contribution in [3.05, 3.63) is 48.0 Å². The first-order valence-electron chi connectivity index (χ1n) is 6.41. The Labute approximate surface area is 119 Å². The van der Waals surface area contributed by atoms with E-state index in [1.807, 2.05) is 43.4 Å². The van der Waals surface area contributed by atoms with Crippen LogP contribution in [0.25, 0.3) is 0 Å². The maximum absolute atomic E-state index is 6.03. The third-order valence-corrected chi connectivity index (χ3v) is 3.20. The number of nitrogens with two attached hydrogens (primary N) is 1. The first kappa shape index (κ1) is 14.1. The molecule has 2 N–H and O–H groups in total. The van der Waals surface area contributed by atoms with Gasteiger partial charge in [-0.2, -0.15) is 0 Å². The SMILES string of the molecule is COc1cccc(CN(C)c2cc(OC)ccc2N)c1. The summed E-state index contributed by atoms with van der Waals surface area (Å²) in [6.45, 7) is 0.745. The summed E-state index contributed by atoms with van der Waals surface area (Å²) in [7, 11) is 5.32. The van der Waals surface area contributed by atoms with Crippen LogP contribution in [0.4, 0.5) is 11.4 Å². The standard InChI is InChI=1S/C16H20N2O2/c1-18(11-12-5-4-6-13(9-12)19-2)16-10-14(20-3)7-8-15(16)17/h4-10H,11,17H2,1-3H3. The van der Waals surface area contributed by atoms with Crippen LogP contribution >= 0.6 is 0 Å². The minimum atomic E-state index is 0.733. The van der Waals surface area contributed by atoms with Gasteiger partial charge in [0.05, 0.1) is 25.6 Å². The Bertz CT molecular complexity index is 584. The van der Waals surface area contributed by atoms with Gasteiger partial charge in [-0.05, 0) is 29.8 Å². The van der Waals surface area contributed by atoms with Gasteiger partial charge in [0.25, 0.3) is 0 Å². The van der Waals surface area contributed by atoms with Gasteiger partial charge in [-0.3, -0.25) is 0 Å². The van der Waals surface area contributed by atoms with Crippen molar-refractivity contribution in [3.8, 4) is 11.5 Å². The predicted molar refractivity (Wildman–Crippen MR) is 82.5 cm³/mol. The smallest absolute Gasteiger partial charge is 0.121 e. The zero-order chi connectivity index (χ0) is 14.5. The highest BCUT2D eigenvalue weighted by Crippen LogP contribution is 2.28. The van der Waals surface area contributed by atoms with E-state index in [9.17, 15) is 0 Å². The minimum absolute atomic E-state index is 0.733. The van der Waals surface area contributed by atoms with Crippen LogP contribution in [0.5, 0.6) is 11.5 Å². The number of hydrogen-bond acceptors (Lipinski definition) is 4. The van der Waals surface area contributed by atoms with E-state index in [2.05, 4.69) is 11.0 Å². The van der Waals surface area contributed by atoms with E-state index >= 15 is 0 Å². The van der Waals surface area contributed by atoms with Crippen molar-refractivity contribution >= 4 is 11.4 Å². The summed E-state index contributed by atoms with van der Waals surface area (Å²) in [5, 5.41) is 0. The molecule has 0 bridgehead atoms. The number of ether oxygens (including phenoxy) is 2. The van der Waals surface area contributed by atoms with E-state index in [1.54, 1.807) is 14.2 Å². The monoisotopic (exact) mass is 272 g/mol. The fourth-order valence-corrected chi connectivity index (χ4v) is 2.11. The number of methoxy groups -OCH3 is 2. The van der Waals surface area contributed by atoms with E-state index in [4.69, 9.17) is 15.2 Å². The lowest BCUT2D eigenvalue weighted by atomic mass is 10.2. The van der Waals surface area contributed by atoms with E-state index < -0.39 is 0 Å². The van der Waals surface area contributed by atoms with Crippen LogP contribution in [0.2, 0.25) is 0 Å². The summed E-state index contributed by atoms with van der Waals surface area (Å²) in [6.07, 6.45) is 0. The Morgan fingerprint density at radius 2 is 1.70 bits per heavy atom. The van der Waals surface area contributed by atoms with Crippen molar-refractivity contribution in [2.45, 2.75) is 6.54 Å². The predicted octanol–water partition coefficient (Wildman–Crippen LogP) is 2.92. The van der Waals surface area contributed by atoms with Gasteiger partial charge >= 0.3 is 0 Å². The Balaban J connectivity index is 2.20. The molecule has 0 fully saturated rings. The Morgan fingerprint density at radius 3 is 2.40 bits per heavy atom. The molecule has 0 aromatic heterocycles. The molecule has 0 aliphatic carbocycles. The summed E-state index contributed by atoms with van der Waals surface area (Å²) in [5.41, 5.74) is 8.88. The number of rotatable bonds is 5. The molecular weight excluding hydrogens is 252 g/mol. The van der Waals surface area contributed by atoms with Gasteiger partial charge in [0.15, 0.2) is 0 Å². The molecular formula is C16H20N2O2. The van der Waals surface area contributed by atoms with Crippen LogP contribution in [0.15, 0.2) is 42.5 Å². The Kier molecular flexibility index (Phi) is 4.35. The molecule has 0 radical (unpaired) electrons. The molecule has 4 heteroatoms. The van der Waals surface area contributed by atoms with Crippen LogP contribution < -0.4 is 20.1 Å². The van der Waals surface area contributed by atoms with Gasteiger partial charge < -0.3 is 20.1 Å². The van der Waals surface area contributed by atoms with Crippen molar-refractivity contribution in [1.82, 2.24) is 0 Å². The highest BCUT2D eigenvalue weighted by atomic mass is 16.5. The highest BCUT2D eigenvalue weighted by Gasteiger charge is 2.08. The van der Waals surface area contributed by atoms with Gasteiger partial charge in [0.2, 0.25) is 0 Å². The molecule has 0 spiro atoms. The quantitative estimate of drug-likeness (QED) is 0.850. The number of anilines is 2. The lowest BCUT2D eigenvalue weighted by molar-refractivity contribution is 0.414. The molecule has 2 aromatic rings. The average molecular weight is 272 g/mol. The average Bonchev–Trinajstić information content (AvgIpc) is 2.47. The lowest BCUT2D eigenvalue weighted by Crippen LogP contribution is -2.17.